The van der Waals surface area contributed by atoms with Gasteiger partial charge in [-0.05, 0) is 41.0 Å². The molecule has 8 heteroatoms. The zero-order chi connectivity index (χ0) is 20.1. The minimum atomic E-state index is -0.228. The molecule has 0 amide bonds. The highest BCUT2D eigenvalue weighted by atomic mass is 19.1. The molecule has 1 atom stereocenters. The first-order valence-electron chi connectivity index (χ1n) is 10.7. The number of methoxy groups -OCH3 is 1. The first kappa shape index (κ1) is 20.4. The Kier molecular flexibility index (Phi) is 6.84. The lowest BCUT2D eigenvalue weighted by atomic mass is 9.93. The van der Waals surface area contributed by atoms with E-state index in [-0.39, 0.29) is 11.9 Å². The summed E-state index contributed by atoms with van der Waals surface area (Å²) in [5, 5.41) is 12.4. The van der Waals surface area contributed by atoms with E-state index in [4.69, 9.17) is 4.74 Å². The Hall–Kier alpha value is -1.90. The average Bonchev–Trinajstić information content (AvgIpc) is 3.23. The van der Waals surface area contributed by atoms with Crippen molar-refractivity contribution < 1.29 is 9.13 Å². The molecule has 158 valence electrons. The van der Waals surface area contributed by atoms with E-state index in [0.29, 0.717) is 13.2 Å². The molecular weight excluding hydrogens is 371 g/mol. The average molecular weight is 403 g/mol. The summed E-state index contributed by atoms with van der Waals surface area (Å²) in [6.45, 7) is 5.16. The third-order valence-electron chi connectivity index (χ3n) is 6.30. The molecule has 2 fully saturated rings. The Balaban J connectivity index is 1.53. The number of hydrogen-bond acceptors (Lipinski definition) is 6. The van der Waals surface area contributed by atoms with Crippen molar-refractivity contribution in [2.45, 2.75) is 50.7 Å². The van der Waals surface area contributed by atoms with Crippen LogP contribution in [0, 0.1) is 5.82 Å². The van der Waals surface area contributed by atoms with E-state index in [1.807, 2.05) is 16.8 Å². The van der Waals surface area contributed by atoms with Crippen molar-refractivity contribution in [3.63, 3.8) is 0 Å². The third kappa shape index (κ3) is 4.82. The molecule has 2 aliphatic rings. The maximum absolute atomic E-state index is 13.6. The van der Waals surface area contributed by atoms with Crippen molar-refractivity contribution >= 4 is 0 Å². The number of rotatable bonds is 7. The van der Waals surface area contributed by atoms with E-state index in [9.17, 15) is 4.39 Å². The topological polar surface area (TPSA) is 59.3 Å². The van der Waals surface area contributed by atoms with Gasteiger partial charge >= 0.3 is 0 Å². The summed E-state index contributed by atoms with van der Waals surface area (Å²) in [5.74, 6) is 0.563. The van der Waals surface area contributed by atoms with Crippen LogP contribution in [0.5, 0.6) is 0 Å². The molecule has 1 saturated heterocycles. The first-order valence-corrected chi connectivity index (χ1v) is 10.7. The van der Waals surface area contributed by atoms with Crippen molar-refractivity contribution in [1.29, 1.82) is 0 Å². The normalized spacial score (nSPS) is 20.8. The van der Waals surface area contributed by atoms with Crippen LogP contribution < -0.4 is 0 Å². The number of halogens is 1. The lowest BCUT2D eigenvalue weighted by Crippen LogP contribution is -2.52. The van der Waals surface area contributed by atoms with Gasteiger partial charge in [-0.2, -0.15) is 0 Å². The maximum atomic E-state index is 13.6. The van der Waals surface area contributed by atoms with Crippen molar-refractivity contribution in [2.24, 2.45) is 0 Å². The second-order valence-electron chi connectivity index (χ2n) is 8.07. The number of nitrogens with zero attached hydrogens (tertiary/aromatic N) is 6. The standard InChI is InChI=1S/C21H31FN6O/c1-29-16-15-28-21(23-24-25-28)20(17-7-9-18(22)10-8-17)27-13-11-26(12-14-27)19-5-3-2-4-6-19/h7-10,19-20H,2-6,11-16H2,1H3/t20-/m1/s1. The van der Waals surface area contributed by atoms with E-state index in [1.54, 1.807) is 7.11 Å². The van der Waals surface area contributed by atoms with Crippen LogP contribution in [-0.2, 0) is 11.3 Å². The van der Waals surface area contributed by atoms with Gasteiger partial charge in [0.05, 0.1) is 19.2 Å². The van der Waals surface area contributed by atoms with Crippen LogP contribution in [0.15, 0.2) is 24.3 Å². The number of benzene rings is 1. The van der Waals surface area contributed by atoms with Crippen LogP contribution in [-0.4, -0.2) is 75.9 Å². The Bertz CT molecular complexity index is 753. The van der Waals surface area contributed by atoms with Gasteiger partial charge in [0, 0.05) is 39.3 Å². The van der Waals surface area contributed by atoms with Crippen LogP contribution in [0.2, 0.25) is 0 Å². The molecule has 1 aromatic carbocycles. The summed E-state index contributed by atoms with van der Waals surface area (Å²) in [6.07, 6.45) is 6.76. The quantitative estimate of drug-likeness (QED) is 0.709. The number of ether oxygens (including phenoxy) is 1. The van der Waals surface area contributed by atoms with E-state index in [0.717, 1.165) is 43.6 Å². The van der Waals surface area contributed by atoms with E-state index in [1.165, 1.54) is 44.2 Å². The van der Waals surface area contributed by atoms with Crippen LogP contribution in [0.1, 0.15) is 49.5 Å². The minimum absolute atomic E-state index is 0.0871. The van der Waals surface area contributed by atoms with Crippen molar-refractivity contribution in [2.75, 3.05) is 39.9 Å². The van der Waals surface area contributed by atoms with Gasteiger partial charge in [-0.1, -0.05) is 31.4 Å². The molecule has 1 saturated carbocycles. The van der Waals surface area contributed by atoms with Gasteiger partial charge in [0.15, 0.2) is 5.82 Å². The van der Waals surface area contributed by atoms with Crippen molar-refractivity contribution in [3.05, 3.63) is 41.5 Å². The maximum Gasteiger partial charge on any atom is 0.173 e. The molecule has 1 aliphatic heterocycles. The molecule has 2 heterocycles. The Labute approximate surface area is 171 Å². The largest absolute Gasteiger partial charge is 0.383 e. The van der Waals surface area contributed by atoms with Crippen LogP contribution >= 0.6 is 0 Å². The second kappa shape index (κ2) is 9.73. The molecule has 0 spiro atoms. The fourth-order valence-corrected chi connectivity index (χ4v) is 4.72. The number of tetrazole rings is 1. The monoisotopic (exact) mass is 402 g/mol. The second-order valence-corrected chi connectivity index (χ2v) is 8.07. The minimum Gasteiger partial charge on any atom is -0.383 e. The van der Waals surface area contributed by atoms with E-state index >= 15 is 0 Å². The summed E-state index contributed by atoms with van der Waals surface area (Å²) in [4.78, 5) is 5.09. The van der Waals surface area contributed by atoms with E-state index in [2.05, 4.69) is 25.3 Å². The number of hydrogen-bond donors (Lipinski definition) is 0. The summed E-state index contributed by atoms with van der Waals surface area (Å²) in [5.41, 5.74) is 1.02. The summed E-state index contributed by atoms with van der Waals surface area (Å²) < 4.78 is 20.6. The Morgan fingerprint density at radius 2 is 1.79 bits per heavy atom. The van der Waals surface area contributed by atoms with Gasteiger partial charge in [-0.25, -0.2) is 9.07 Å². The summed E-state index contributed by atoms with van der Waals surface area (Å²) in [6, 6.07) is 7.39. The predicted octanol–water partition coefficient (Wildman–Crippen LogP) is 2.50. The van der Waals surface area contributed by atoms with Crippen LogP contribution in [0.3, 0.4) is 0 Å². The summed E-state index contributed by atoms with van der Waals surface area (Å²) >= 11 is 0. The fourth-order valence-electron chi connectivity index (χ4n) is 4.72. The molecule has 1 aliphatic carbocycles. The van der Waals surface area contributed by atoms with Gasteiger partial charge in [0.25, 0.3) is 0 Å². The lowest BCUT2D eigenvalue weighted by molar-refractivity contribution is 0.0615. The van der Waals surface area contributed by atoms with Gasteiger partial charge in [0.2, 0.25) is 0 Å². The molecule has 2 aromatic rings. The smallest absolute Gasteiger partial charge is 0.173 e. The van der Waals surface area contributed by atoms with Crippen LogP contribution in [0.25, 0.3) is 0 Å². The van der Waals surface area contributed by atoms with Gasteiger partial charge < -0.3 is 4.74 Å². The number of piperazine rings is 1. The highest BCUT2D eigenvalue weighted by Gasteiger charge is 2.32. The predicted molar refractivity (Wildman–Crippen MR) is 108 cm³/mol. The highest BCUT2D eigenvalue weighted by molar-refractivity contribution is 5.25. The van der Waals surface area contributed by atoms with Gasteiger partial charge in [-0.3, -0.25) is 9.80 Å². The number of aromatic nitrogens is 4. The van der Waals surface area contributed by atoms with Crippen molar-refractivity contribution in [3.8, 4) is 0 Å². The molecule has 0 radical (unpaired) electrons. The highest BCUT2D eigenvalue weighted by Crippen LogP contribution is 2.30. The molecule has 29 heavy (non-hydrogen) atoms. The molecule has 0 bridgehead atoms. The Morgan fingerprint density at radius 3 is 2.48 bits per heavy atom. The summed E-state index contributed by atoms with van der Waals surface area (Å²) in [7, 11) is 1.67. The lowest BCUT2D eigenvalue weighted by Gasteiger charge is -2.43. The molecule has 7 nitrogen and oxygen atoms in total. The molecule has 0 N–H and O–H groups in total. The third-order valence-corrected chi connectivity index (χ3v) is 6.30. The zero-order valence-corrected chi connectivity index (χ0v) is 17.2. The SMILES string of the molecule is COCCn1nnnc1[C@@H](c1ccc(F)cc1)N1CCN(C2CCCCC2)CC1. The van der Waals surface area contributed by atoms with Crippen molar-refractivity contribution in [1.82, 2.24) is 30.0 Å². The molecular formula is C21H31FN6O. The fraction of sp³-hybridized carbons (Fsp3) is 0.667. The molecule has 4 rings (SSSR count). The van der Waals surface area contributed by atoms with Gasteiger partial charge in [0.1, 0.15) is 5.82 Å². The molecule has 0 unspecified atom stereocenters. The van der Waals surface area contributed by atoms with Crippen LogP contribution in [0.4, 0.5) is 4.39 Å². The zero-order valence-electron chi connectivity index (χ0n) is 17.2. The Morgan fingerprint density at radius 1 is 1.07 bits per heavy atom. The van der Waals surface area contributed by atoms with Gasteiger partial charge in [-0.15, -0.1) is 5.10 Å². The van der Waals surface area contributed by atoms with E-state index < -0.39 is 0 Å². The first-order chi connectivity index (χ1) is 14.3. The molecule has 1 aromatic heterocycles.